The molecule has 29 heavy (non-hydrogen) atoms. The Morgan fingerprint density at radius 3 is 2.62 bits per heavy atom. The average molecular weight is 398 g/mol. The normalized spacial score (nSPS) is 23.3. The molecule has 3 amide bonds. The van der Waals surface area contributed by atoms with E-state index in [1.165, 1.54) is 12.8 Å². The second kappa shape index (κ2) is 8.56. The van der Waals surface area contributed by atoms with Gasteiger partial charge in [0.05, 0.1) is 0 Å². The first-order valence-corrected chi connectivity index (χ1v) is 10.9. The third kappa shape index (κ3) is 4.46. The molecule has 1 atom stereocenters. The van der Waals surface area contributed by atoms with Gasteiger partial charge < -0.3 is 14.7 Å². The molecule has 2 saturated heterocycles. The van der Waals surface area contributed by atoms with Gasteiger partial charge in [-0.15, -0.1) is 0 Å². The lowest BCUT2D eigenvalue weighted by Crippen LogP contribution is -2.59. The van der Waals surface area contributed by atoms with E-state index in [0.29, 0.717) is 44.9 Å². The number of fused-ring (bicyclic) bond motifs is 1. The molecular weight excluding hydrogens is 366 g/mol. The number of nitrogens with zero attached hydrogens (tertiary/aromatic N) is 3. The van der Waals surface area contributed by atoms with Crippen molar-refractivity contribution in [2.24, 2.45) is 5.92 Å². The van der Waals surface area contributed by atoms with Crippen LogP contribution in [0.3, 0.4) is 0 Å². The lowest BCUT2D eigenvalue weighted by atomic mass is 10.0. The molecule has 1 aromatic rings. The summed E-state index contributed by atoms with van der Waals surface area (Å²) in [6.45, 7) is 4.17. The zero-order valence-electron chi connectivity index (χ0n) is 17.3. The van der Waals surface area contributed by atoms with Crippen molar-refractivity contribution in [3.63, 3.8) is 0 Å². The third-order valence-corrected chi connectivity index (χ3v) is 6.65. The minimum absolute atomic E-state index is 0.00709. The highest BCUT2D eigenvalue weighted by molar-refractivity contribution is 5.95. The van der Waals surface area contributed by atoms with Gasteiger partial charge in [-0.05, 0) is 37.7 Å². The smallest absolute Gasteiger partial charge is 0.246 e. The van der Waals surface area contributed by atoms with E-state index in [4.69, 9.17) is 0 Å². The molecule has 1 saturated carbocycles. The fourth-order valence-corrected chi connectivity index (χ4v) is 5.03. The zero-order valence-corrected chi connectivity index (χ0v) is 17.3. The van der Waals surface area contributed by atoms with E-state index in [1.807, 2.05) is 30.0 Å². The summed E-state index contributed by atoms with van der Waals surface area (Å²) in [6.07, 6.45) is 5.91. The highest BCUT2D eigenvalue weighted by Gasteiger charge is 2.41. The van der Waals surface area contributed by atoms with Crippen LogP contribution in [0.5, 0.6) is 0 Å². The SMILES string of the molecule is Cc1cccc(CN2CC(=O)N3CCN(C(=O)CC4CCCC4)CCC3C2=O)c1. The Labute approximate surface area is 172 Å². The molecule has 0 spiro atoms. The summed E-state index contributed by atoms with van der Waals surface area (Å²) in [4.78, 5) is 43.9. The highest BCUT2D eigenvalue weighted by atomic mass is 16.2. The lowest BCUT2D eigenvalue weighted by molar-refractivity contribution is -0.156. The van der Waals surface area contributed by atoms with Crippen LogP contribution in [0.25, 0.3) is 0 Å². The van der Waals surface area contributed by atoms with Crippen molar-refractivity contribution < 1.29 is 14.4 Å². The fourth-order valence-electron chi connectivity index (χ4n) is 5.03. The van der Waals surface area contributed by atoms with Crippen molar-refractivity contribution >= 4 is 17.7 Å². The largest absolute Gasteiger partial charge is 0.341 e. The molecule has 156 valence electrons. The van der Waals surface area contributed by atoms with E-state index in [1.54, 1.807) is 9.80 Å². The molecule has 1 aliphatic carbocycles. The summed E-state index contributed by atoms with van der Waals surface area (Å²) in [7, 11) is 0. The second-order valence-corrected chi connectivity index (χ2v) is 8.81. The maximum Gasteiger partial charge on any atom is 0.246 e. The van der Waals surface area contributed by atoms with Gasteiger partial charge in [0.25, 0.3) is 0 Å². The Kier molecular flexibility index (Phi) is 5.88. The van der Waals surface area contributed by atoms with E-state index < -0.39 is 6.04 Å². The molecule has 6 nitrogen and oxygen atoms in total. The summed E-state index contributed by atoms with van der Waals surface area (Å²) in [5.41, 5.74) is 2.19. The van der Waals surface area contributed by atoms with Crippen LogP contribution >= 0.6 is 0 Å². The van der Waals surface area contributed by atoms with Gasteiger partial charge in [-0.1, -0.05) is 42.7 Å². The Balaban J connectivity index is 1.40. The minimum atomic E-state index is -0.440. The average Bonchev–Trinajstić information content (AvgIpc) is 3.08. The maximum atomic E-state index is 13.1. The van der Waals surface area contributed by atoms with Crippen molar-refractivity contribution in [3.8, 4) is 0 Å². The molecule has 3 fully saturated rings. The summed E-state index contributed by atoms with van der Waals surface area (Å²) in [5.74, 6) is 0.707. The van der Waals surface area contributed by atoms with Crippen LogP contribution in [-0.4, -0.2) is 64.6 Å². The van der Waals surface area contributed by atoms with Crippen LogP contribution in [0.4, 0.5) is 0 Å². The Morgan fingerprint density at radius 2 is 1.86 bits per heavy atom. The first kappa shape index (κ1) is 19.9. The number of carbonyl (C=O) groups excluding carboxylic acids is 3. The molecule has 6 heteroatoms. The highest BCUT2D eigenvalue weighted by Crippen LogP contribution is 2.29. The number of aryl methyl sites for hydroxylation is 1. The Hall–Kier alpha value is -2.37. The van der Waals surface area contributed by atoms with E-state index in [9.17, 15) is 14.4 Å². The van der Waals surface area contributed by atoms with Gasteiger partial charge in [0, 0.05) is 32.6 Å². The number of benzene rings is 1. The van der Waals surface area contributed by atoms with Crippen molar-refractivity contribution in [3.05, 3.63) is 35.4 Å². The lowest BCUT2D eigenvalue weighted by Gasteiger charge is -2.39. The van der Waals surface area contributed by atoms with E-state index in [2.05, 4.69) is 6.07 Å². The van der Waals surface area contributed by atoms with E-state index in [-0.39, 0.29) is 24.3 Å². The van der Waals surface area contributed by atoms with Gasteiger partial charge >= 0.3 is 0 Å². The zero-order chi connectivity index (χ0) is 20.4. The second-order valence-electron chi connectivity index (χ2n) is 8.81. The molecule has 2 aliphatic heterocycles. The fraction of sp³-hybridized carbons (Fsp3) is 0.609. The Bertz CT molecular complexity index is 787. The van der Waals surface area contributed by atoms with Crippen molar-refractivity contribution in [2.45, 2.75) is 58.0 Å². The van der Waals surface area contributed by atoms with E-state index in [0.717, 1.165) is 24.0 Å². The summed E-state index contributed by atoms with van der Waals surface area (Å²) < 4.78 is 0. The molecular formula is C23H31N3O3. The first-order chi connectivity index (χ1) is 14.0. The molecule has 0 radical (unpaired) electrons. The molecule has 0 N–H and O–H groups in total. The van der Waals surface area contributed by atoms with Gasteiger partial charge in [-0.25, -0.2) is 0 Å². The van der Waals surface area contributed by atoms with Gasteiger partial charge in [-0.3, -0.25) is 14.4 Å². The van der Waals surface area contributed by atoms with Crippen LogP contribution in [0.2, 0.25) is 0 Å². The van der Waals surface area contributed by atoms with Gasteiger partial charge in [-0.2, -0.15) is 0 Å². The molecule has 0 aromatic heterocycles. The van der Waals surface area contributed by atoms with E-state index >= 15 is 0 Å². The topological polar surface area (TPSA) is 60.9 Å². The van der Waals surface area contributed by atoms with Crippen molar-refractivity contribution in [1.29, 1.82) is 0 Å². The predicted molar refractivity (Wildman–Crippen MR) is 110 cm³/mol. The molecule has 1 aromatic carbocycles. The predicted octanol–water partition coefficient (Wildman–Crippen LogP) is 2.35. The molecule has 1 unspecified atom stereocenters. The molecule has 0 bridgehead atoms. The number of rotatable bonds is 4. The third-order valence-electron chi connectivity index (χ3n) is 6.65. The van der Waals surface area contributed by atoms with Crippen LogP contribution < -0.4 is 0 Å². The minimum Gasteiger partial charge on any atom is -0.341 e. The number of hydrogen-bond donors (Lipinski definition) is 0. The number of hydrogen-bond acceptors (Lipinski definition) is 3. The van der Waals surface area contributed by atoms with Crippen LogP contribution in [0.15, 0.2) is 24.3 Å². The molecule has 2 heterocycles. The summed E-state index contributed by atoms with van der Waals surface area (Å²) >= 11 is 0. The number of piperazine rings is 1. The quantitative estimate of drug-likeness (QED) is 0.784. The van der Waals surface area contributed by atoms with Gasteiger partial charge in [0.1, 0.15) is 12.6 Å². The monoisotopic (exact) mass is 397 g/mol. The first-order valence-electron chi connectivity index (χ1n) is 10.9. The molecule has 4 rings (SSSR count). The van der Waals surface area contributed by atoms with Crippen molar-refractivity contribution in [1.82, 2.24) is 14.7 Å². The summed E-state index contributed by atoms with van der Waals surface area (Å²) in [5, 5.41) is 0. The van der Waals surface area contributed by atoms with Gasteiger partial charge in [0.15, 0.2) is 0 Å². The number of carbonyl (C=O) groups is 3. The maximum absolute atomic E-state index is 13.1. The van der Waals surface area contributed by atoms with Crippen LogP contribution in [-0.2, 0) is 20.9 Å². The molecule has 3 aliphatic rings. The Morgan fingerprint density at radius 1 is 1.07 bits per heavy atom. The van der Waals surface area contributed by atoms with Crippen molar-refractivity contribution in [2.75, 3.05) is 26.2 Å². The van der Waals surface area contributed by atoms with Crippen LogP contribution in [0.1, 0.15) is 49.7 Å². The standard InChI is InChI=1S/C23H31N3O3/c1-17-5-4-8-19(13-17)15-25-16-22(28)26-12-11-24(10-9-20(26)23(25)29)21(27)14-18-6-2-3-7-18/h4-5,8,13,18,20H,2-3,6-7,9-12,14-16H2,1H3. The van der Waals surface area contributed by atoms with Gasteiger partial charge in [0.2, 0.25) is 17.7 Å². The summed E-state index contributed by atoms with van der Waals surface area (Å²) in [6, 6.07) is 7.61. The van der Waals surface area contributed by atoms with Crippen LogP contribution in [0, 0.1) is 12.8 Å². The number of amides is 3.